The fourth-order valence-corrected chi connectivity index (χ4v) is 3.18. The molecule has 0 amide bonds. The standard InChI is InChI=1S/C16H27N5/c1-12(2)14-15(17-3)18-11-19-16(14)21-8-6-20(7-9-21)10-13-4-5-13/h11-13H,4-10H2,1-3H3,(H,17,18,19). The van der Waals surface area contributed by atoms with E-state index in [1.54, 1.807) is 6.33 Å². The molecule has 2 aliphatic rings. The molecule has 1 saturated heterocycles. The maximum Gasteiger partial charge on any atom is 0.137 e. The zero-order valence-corrected chi connectivity index (χ0v) is 13.5. The van der Waals surface area contributed by atoms with Crippen molar-refractivity contribution in [3.8, 4) is 0 Å². The summed E-state index contributed by atoms with van der Waals surface area (Å²) >= 11 is 0. The van der Waals surface area contributed by atoms with Gasteiger partial charge in [0.05, 0.1) is 0 Å². The van der Waals surface area contributed by atoms with Crippen molar-refractivity contribution in [1.29, 1.82) is 0 Å². The van der Waals surface area contributed by atoms with E-state index in [2.05, 4.69) is 38.9 Å². The zero-order chi connectivity index (χ0) is 14.8. The Labute approximate surface area is 127 Å². The average molecular weight is 289 g/mol. The van der Waals surface area contributed by atoms with Crippen molar-refractivity contribution in [3.05, 3.63) is 11.9 Å². The van der Waals surface area contributed by atoms with Crippen molar-refractivity contribution < 1.29 is 0 Å². The molecule has 0 radical (unpaired) electrons. The highest BCUT2D eigenvalue weighted by Gasteiger charge is 2.28. The molecule has 1 N–H and O–H groups in total. The van der Waals surface area contributed by atoms with Crippen LogP contribution in [0.5, 0.6) is 0 Å². The first-order valence-corrected chi connectivity index (χ1v) is 8.19. The molecular weight excluding hydrogens is 262 g/mol. The number of anilines is 2. The zero-order valence-electron chi connectivity index (χ0n) is 13.5. The minimum Gasteiger partial charge on any atom is -0.373 e. The van der Waals surface area contributed by atoms with Gasteiger partial charge in [-0.1, -0.05) is 13.8 Å². The summed E-state index contributed by atoms with van der Waals surface area (Å²) < 4.78 is 0. The van der Waals surface area contributed by atoms with Gasteiger partial charge in [0, 0.05) is 45.3 Å². The first-order valence-electron chi connectivity index (χ1n) is 8.19. The summed E-state index contributed by atoms with van der Waals surface area (Å²) in [7, 11) is 1.94. The lowest BCUT2D eigenvalue weighted by molar-refractivity contribution is 0.247. The maximum absolute atomic E-state index is 4.59. The summed E-state index contributed by atoms with van der Waals surface area (Å²) in [5, 5.41) is 3.21. The largest absolute Gasteiger partial charge is 0.373 e. The van der Waals surface area contributed by atoms with Crippen LogP contribution >= 0.6 is 0 Å². The van der Waals surface area contributed by atoms with Crippen molar-refractivity contribution in [2.75, 3.05) is 50.0 Å². The second kappa shape index (κ2) is 6.18. The highest BCUT2D eigenvalue weighted by molar-refractivity contribution is 5.60. The Bertz CT molecular complexity index is 476. The van der Waals surface area contributed by atoms with Gasteiger partial charge in [-0.05, 0) is 24.7 Å². The number of nitrogens with one attached hydrogen (secondary N) is 1. The number of hydrogen-bond donors (Lipinski definition) is 1. The van der Waals surface area contributed by atoms with E-state index in [0.717, 1.165) is 43.7 Å². The van der Waals surface area contributed by atoms with E-state index in [1.165, 1.54) is 24.9 Å². The van der Waals surface area contributed by atoms with Gasteiger partial charge in [0.15, 0.2) is 0 Å². The Kier molecular flexibility index (Phi) is 4.29. The minimum absolute atomic E-state index is 0.424. The Morgan fingerprint density at radius 2 is 1.90 bits per heavy atom. The van der Waals surface area contributed by atoms with E-state index in [4.69, 9.17) is 0 Å². The summed E-state index contributed by atoms with van der Waals surface area (Å²) in [6.07, 6.45) is 4.56. The second-order valence-corrected chi connectivity index (χ2v) is 6.60. The number of rotatable bonds is 5. The van der Waals surface area contributed by atoms with Crippen LogP contribution in [-0.2, 0) is 0 Å². The summed E-state index contributed by atoms with van der Waals surface area (Å²) in [5.41, 5.74) is 1.25. The van der Waals surface area contributed by atoms with Gasteiger partial charge in [-0.3, -0.25) is 4.90 Å². The van der Waals surface area contributed by atoms with Crippen LogP contribution in [0.1, 0.15) is 38.2 Å². The molecule has 0 unspecified atom stereocenters. The van der Waals surface area contributed by atoms with E-state index in [1.807, 2.05) is 7.05 Å². The van der Waals surface area contributed by atoms with Crippen LogP contribution in [0.25, 0.3) is 0 Å². The smallest absolute Gasteiger partial charge is 0.137 e. The number of nitrogens with zero attached hydrogens (tertiary/aromatic N) is 4. The Morgan fingerprint density at radius 3 is 2.48 bits per heavy atom. The van der Waals surface area contributed by atoms with E-state index >= 15 is 0 Å². The number of aromatic nitrogens is 2. The minimum atomic E-state index is 0.424. The molecule has 3 rings (SSSR count). The fourth-order valence-electron chi connectivity index (χ4n) is 3.18. The summed E-state index contributed by atoms with van der Waals surface area (Å²) in [4.78, 5) is 14.0. The lowest BCUT2D eigenvalue weighted by atomic mass is 10.0. The molecule has 1 saturated carbocycles. The van der Waals surface area contributed by atoms with Crippen molar-refractivity contribution in [2.45, 2.75) is 32.6 Å². The van der Waals surface area contributed by atoms with Gasteiger partial charge in [0.1, 0.15) is 18.0 Å². The van der Waals surface area contributed by atoms with E-state index < -0.39 is 0 Å². The third-order valence-electron chi connectivity index (χ3n) is 4.56. The normalized spacial score (nSPS) is 20.1. The lowest BCUT2D eigenvalue weighted by Crippen LogP contribution is -2.47. The molecule has 0 spiro atoms. The Balaban J connectivity index is 1.72. The van der Waals surface area contributed by atoms with Crippen molar-refractivity contribution >= 4 is 11.6 Å². The summed E-state index contributed by atoms with van der Waals surface area (Å²) in [5.74, 6) is 3.50. The van der Waals surface area contributed by atoms with Crippen molar-refractivity contribution in [2.24, 2.45) is 5.92 Å². The summed E-state index contributed by atoms with van der Waals surface area (Å²) in [6.45, 7) is 10.2. The molecule has 5 nitrogen and oxygen atoms in total. The molecule has 116 valence electrons. The van der Waals surface area contributed by atoms with E-state index in [9.17, 15) is 0 Å². The molecule has 0 atom stereocenters. The van der Waals surface area contributed by atoms with Gasteiger partial charge in [0.2, 0.25) is 0 Å². The van der Waals surface area contributed by atoms with Crippen molar-refractivity contribution in [3.63, 3.8) is 0 Å². The monoisotopic (exact) mass is 289 g/mol. The molecule has 1 aromatic heterocycles. The molecule has 1 aromatic rings. The second-order valence-electron chi connectivity index (χ2n) is 6.60. The fraction of sp³-hybridized carbons (Fsp3) is 0.750. The molecule has 0 aromatic carbocycles. The number of hydrogen-bond acceptors (Lipinski definition) is 5. The van der Waals surface area contributed by atoms with E-state index in [0.29, 0.717) is 5.92 Å². The van der Waals surface area contributed by atoms with Crippen LogP contribution in [-0.4, -0.2) is 54.6 Å². The highest BCUT2D eigenvalue weighted by Crippen LogP contribution is 2.32. The summed E-state index contributed by atoms with van der Waals surface area (Å²) in [6, 6.07) is 0. The number of piperazine rings is 1. The van der Waals surface area contributed by atoms with E-state index in [-0.39, 0.29) is 0 Å². The Morgan fingerprint density at radius 1 is 1.19 bits per heavy atom. The van der Waals surface area contributed by atoms with Crippen molar-refractivity contribution in [1.82, 2.24) is 14.9 Å². The van der Waals surface area contributed by atoms with Gasteiger partial charge in [-0.15, -0.1) is 0 Å². The van der Waals surface area contributed by atoms with Crippen LogP contribution in [0.4, 0.5) is 11.6 Å². The lowest BCUT2D eigenvalue weighted by Gasteiger charge is -2.36. The van der Waals surface area contributed by atoms with Gasteiger partial charge >= 0.3 is 0 Å². The first kappa shape index (κ1) is 14.6. The Hall–Kier alpha value is -1.36. The highest BCUT2D eigenvalue weighted by atomic mass is 15.3. The first-order chi connectivity index (χ1) is 10.2. The molecular formula is C16H27N5. The molecule has 0 bridgehead atoms. The third kappa shape index (κ3) is 3.28. The van der Waals surface area contributed by atoms with Crippen LogP contribution in [0, 0.1) is 5.92 Å². The third-order valence-corrected chi connectivity index (χ3v) is 4.56. The predicted molar refractivity (Wildman–Crippen MR) is 87.0 cm³/mol. The van der Waals surface area contributed by atoms with Crippen LogP contribution in [0.3, 0.4) is 0 Å². The topological polar surface area (TPSA) is 44.3 Å². The van der Waals surface area contributed by atoms with Gasteiger partial charge in [-0.2, -0.15) is 0 Å². The predicted octanol–water partition coefficient (Wildman–Crippen LogP) is 2.17. The van der Waals surface area contributed by atoms with Gasteiger partial charge in [-0.25, -0.2) is 9.97 Å². The average Bonchev–Trinajstić information content (AvgIpc) is 3.31. The van der Waals surface area contributed by atoms with Crippen LogP contribution in [0.2, 0.25) is 0 Å². The quantitative estimate of drug-likeness (QED) is 0.900. The molecule has 2 heterocycles. The van der Waals surface area contributed by atoms with Crippen LogP contribution in [0.15, 0.2) is 6.33 Å². The SMILES string of the molecule is CNc1ncnc(N2CCN(CC3CC3)CC2)c1C(C)C. The van der Waals surface area contributed by atoms with Gasteiger partial charge in [0.25, 0.3) is 0 Å². The molecule has 1 aliphatic heterocycles. The van der Waals surface area contributed by atoms with Gasteiger partial charge < -0.3 is 10.2 Å². The maximum atomic E-state index is 4.59. The molecule has 21 heavy (non-hydrogen) atoms. The molecule has 1 aliphatic carbocycles. The van der Waals surface area contributed by atoms with Crippen LogP contribution < -0.4 is 10.2 Å². The molecule has 2 fully saturated rings. The molecule has 5 heteroatoms.